The van der Waals surface area contributed by atoms with E-state index in [4.69, 9.17) is 15.8 Å². The Bertz CT molecular complexity index is 1390. The van der Waals surface area contributed by atoms with Gasteiger partial charge in [-0.15, -0.1) is 4.59 Å². The maximum atomic E-state index is 6.80. The Balaban J connectivity index is 1.48. The molecule has 142 valence electrons. The minimum absolute atomic E-state index is 0.00217. The molecule has 0 fully saturated rings. The van der Waals surface area contributed by atoms with Crippen LogP contribution in [-0.2, 0) is 0 Å². The van der Waals surface area contributed by atoms with Crippen molar-refractivity contribution in [1.82, 2.24) is 9.97 Å². The van der Waals surface area contributed by atoms with Crippen molar-refractivity contribution in [2.24, 2.45) is 15.8 Å². The number of aromatic nitrogens is 2. The first-order valence-corrected chi connectivity index (χ1v) is 9.65. The van der Waals surface area contributed by atoms with Crippen LogP contribution in [0.25, 0.3) is 22.2 Å². The number of benzene rings is 1. The molecule has 6 heteroatoms. The molecule has 30 heavy (non-hydrogen) atoms. The van der Waals surface area contributed by atoms with Gasteiger partial charge in [0.2, 0.25) is 5.70 Å². The van der Waals surface area contributed by atoms with E-state index in [1.54, 1.807) is 18.6 Å². The first-order valence-electron chi connectivity index (χ1n) is 9.65. The Morgan fingerprint density at radius 1 is 1.00 bits per heavy atom. The SMILES string of the molecule is N[N+]12C=CN=CC1=C(C1=CC=C1)N=C2c1ccc2ccc(-c3cccnc3)nc2c1. The predicted octanol–water partition coefficient (Wildman–Crippen LogP) is 4.01. The third-order valence-electron chi connectivity index (χ3n) is 5.53. The minimum Gasteiger partial charge on any atom is -0.264 e. The van der Waals surface area contributed by atoms with Crippen LogP contribution in [0, 0.1) is 0 Å². The summed E-state index contributed by atoms with van der Waals surface area (Å²) in [6.45, 7) is 0. The molecular formula is C24H17N6+. The maximum Gasteiger partial charge on any atom is 0.265 e. The number of hydrogen-bond acceptors (Lipinski definition) is 5. The van der Waals surface area contributed by atoms with Crippen LogP contribution >= 0.6 is 0 Å². The molecule has 1 aliphatic carbocycles. The fourth-order valence-electron chi connectivity index (χ4n) is 3.87. The zero-order valence-corrected chi connectivity index (χ0v) is 16.0. The smallest absolute Gasteiger partial charge is 0.264 e. The van der Waals surface area contributed by atoms with Crippen molar-refractivity contribution in [2.45, 2.75) is 0 Å². The van der Waals surface area contributed by atoms with Crippen molar-refractivity contribution in [1.29, 1.82) is 0 Å². The van der Waals surface area contributed by atoms with Crippen LogP contribution in [0.2, 0.25) is 0 Å². The molecule has 0 saturated carbocycles. The summed E-state index contributed by atoms with van der Waals surface area (Å²) in [5.41, 5.74) is 6.46. The number of fused-ring (bicyclic) bond motifs is 2. The molecular weight excluding hydrogens is 372 g/mol. The summed E-state index contributed by atoms with van der Waals surface area (Å²) in [6.07, 6.45) is 15.0. The second-order valence-electron chi connectivity index (χ2n) is 7.35. The quantitative estimate of drug-likeness (QED) is 0.543. The molecule has 0 amide bonds. The monoisotopic (exact) mass is 389 g/mol. The molecule has 3 aromatic rings. The van der Waals surface area contributed by atoms with Gasteiger partial charge in [0.15, 0.2) is 0 Å². The molecule has 0 bridgehead atoms. The van der Waals surface area contributed by atoms with E-state index in [1.165, 1.54) is 0 Å². The molecule has 0 saturated heterocycles. The van der Waals surface area contributed by atoms with Crippen molar-refractivity contribution < 1.29 is 4.59 Å². The zero-order valence-electron chi connectivity index (χ0n) is 16.0. The molecule has 2 N–H and O–H groups in total. The minimum atomic E-state index is -0.00217. The van der Waals surface area contributed by atoms with Crippen molar-refractivity contribution >= 4 is 23.0 Å². The highest BCUT2D eigenvalue weighted by Gasteiger charge is 2.44. The van der Waals surface area contributed by atoms with Crippen LogP contribution in [0.3, 0.4) is 0 Å². The van der Waals surface area contributed by atoms with E-state index in [0.717, 1.165) is 50.5 Å². The average molecular weight is 389 g/mol. The Morgan fingerprint density at radius 3 is 2.70 bits per heavy atom. The Labute approximate surface area is 173 Å². The van der Waals surface area contributed by atoms with Gasteiger partial charge in [0.1, 0.15) is 11.9 Å². The zero-order chi connectivity index (χ0) is 20.1. The second-order valence-corrected chi connectivity index (χ2v) is 7.35. The first-order chi connectivity index (χ1) is 14.7. The molecule has 1 unspecified atom stereocenters. The van der Waals surface area contributed by atoms with Gasteiger partial charge >= 0.3 is 0 Å². The van der Waals surface area contributed by atoms with Crippen LogP contribution < -0.4 is 5.84 Å². The van der Waals surface area contributed by atoms with Gasteiger partial charge in [-0.25, -0.2) is 4.98 Å². The molecule has 6 nitrogen and oxygen atoms in total. The Hall–Kier alpha value is -4.00. The number of aliphatic imine (C=N–C) groups is 2. The standard InChI is InChI=1S/C24H17N6/c25-30-12-11-27-15-22(30)23(17-3-1-4-17)29-24(30)18-7-6-16-8-9-20(28-21(16)13-18)19-5-2-10-26-14-19/h1-15H,25H2/q+1. The van der Waals surface area contributed by atoms with Crippen molar-refractivity contribution in [3.8, 4) is 11.3 Å². The summed E-state index contributed by atoms with van der Waals surface area (Å²) < 4.78 is -0.00217. The highest BCUT2D eigenvalue weighted by atomic mass is 15.6. The van der Waals surface area contributed by atoms with Crippen molar-refractivity contribution in [3.05, 3.63) is 108 Å². The van der Waals surface area contributed by atoms with Gasteiger partial charge in [0, 0.05) is 28.9 Å². The predicted molar refractivity (Wildman–Crippen MR) is 118 cm³/mol. The van der Waals surface area contributed by atoms with Crippen LogP contribution in [0.1, 0.15) is 5.56 Å². The van der Waals surface area contributed by atoms with Gasteiger partial charge in [-0.2, -0.15) is 10.8 Å². The summed E-state index contributed by atoms with van der Waals surface area (Å²) in [5, 5.41) is 1.06. The molecule has 3 aliphatic rings. The highest BCUT2D eigenvalue weighted by Crippen LogP contribution is 2.36. The molecule has 0 radical (unpaired) electrons. The van der Waals surface area contributed by atoms with Crippen LogP contribution in [0.4, 0.5) is 0 Å². The summed E-state index contributed by atoms with van der Waals surface area (Å²) >= 11 is 0. The normalized spacial score (nSPS) is 21.5. The average Bonchev–Trinajstić information content (AvgIpc) is 3.05. The van der Waals surface area contributed by atoms with Gasteiger partial charge in [-0.3, -0.25) is 9.98 Å². The molecule has 1 atom stereocenters. The molecule has 2 aromatic heterocycles. The highest BCUT2D eigenvalue weighted by molar-refractivity contribution is 6.03. The lowest BCUT2D eigenvalue weighted by Crippen LogP contribution is -2.53. The maximum absolute atomic E-state index is 6.80. The summed E-state index contributed by atoms with van der Waals surface area (Å²) in [4.78, 5) is 18.3. The number of allylic oxidation sites excluding steroid dienone is 4. The van der Waals surface area contributed by atoms with E-state index < -0.39 is 0 Å². The lowest BCUT2D eigenvalue weighted by molar-refractivity contribution is -0.750. The van der Waals surface area contributed by atoms with Gasteiger partial charge in [0.25, 0.3) is 5.84 Å². The van der Waals surface area contributed by atoms with Gasteiger partial charge in [0.05, 0.1) is 29.2 Å². The molecule has 4 heterocycles. The van der Waals surface area contributed by atoms with E-state index in [2.05, 4.69) is 22.1 Å². The molecule has 2 aliphatic heterocycles. The fourth-order valence-corrected chi connectivity index (χ4v) is 3.87. The number of pyridine rings is 2. The lowest BCUT2D eigenvalue weighted by atomic mass is 10.0. The van der Waals surface area contributed by atoms with E-state index in [1.807, 2.05) is 61.0 Å². The molecule has 1 aromatic carbocycles. The van der Waals surface area contributed by atoms with E-state index in [-0.39, 0.29) is 4.59 Å². The summed E-state index contributed by atoms with van der Waals surface area (Å²) in [7, 11) is 0. The topological polar surface area (TPSA) is 76.5 Å². The Kier molecular flexibility index (Phi) is 3.52. The summed E-state index contributed by atoms with van der Waals surface area (Å²) in [5.74, 6) is 7.55. The van der Waals surface area contributed by atoms with Gasteiger partial charge in [-0.05, 0) is 30.3 Å². The third-order valence-corrected chi connectivity index (χ3v) is 5.53. The second kappa shape index (κ2) is 6.25. The van der Waals surface area contributed by atoms with Crippen LogP contribution in [-0.4, -0.2) is 26.6 Å². The Morgan fingerprint density at radius 2 is 1.90 bits per heavy atom. The number of amidine groups is 1. The van der Waals surface area contributed by atoms with E-state index >= 15 is 0 Å². The number of hydrogen-bond donors (Lipinski definition) is 1. The van der Waals surface area contributed by atoms with Crippen LogP contribution in [0.5, 0.6) is 0 Å². The van der Waals surface area contributed by atoms with Crippen molar-refractivity contribution in [3.63, 3.8) is 0 Å². The first kappa shape index (κ1) is 16.9. The largest absolute Gasteiger partial charge is 0.265 e. The van der Waals surface area contributed by atoms with E-state index in [9.17, 15) is 0 Å². The summed E-state index contributed by atoms with van der Waals surface area (Å²) in [6, 6.07) is 14.2. The fraction of sp³-hybridized carbons (Fsp3) is 0. The van der Waals surface area contributed by atoms with Gasteiger partial charge in [-0.1, -0.05) is 30.4 Å². The lowest BCUT2D eigenvalue weighted by Gasteiger charge is -2.26. The number of rotatable bonds is 3. The number of quaternary nitrogens is 1. The van der Waals surface area contributed by atoms with Gasteiger partial charge < -0.3 is 0 Å². The number of nitrogens with zero attached hydrogens (tertiary/aromatic N) is 5. The van der Waals surface area contributed by atoms with E-state index in [0.29, 0.717) is 0 Å². The van der Waals surface area contributed by atoms with Crippen molar-refractivity contribution in [2.75, 3.05) is 0 Å². The number of nitrogens with two attached hydrogens (primary N) is 1. The van der Waals surface area contributed by atoms with Crippen LogP contribution in [0.15, 0.2) is 112 Å². The molecule has 0 spiro atoms. The third kappa shape index (κ3) is 2.45. The molecule has 6 rings (SSSR count).